The number of nitrogens with zero attached hydrogens (tertiary/aromatic N) is 2. The van der Waals surface area contributed by atoms with Crippen molar-refractivity contribution in [1.82, 2.24) is 4.40 Å². The molecule has 2 aromatic heterocycles. The minimum atomic E-state index is 0.151. The Morgan fingerprint density at radius 2 is 2.33 bits per heavy atom. The molecule has 0 saturated heterocycles. The van der Waals surface area contributed by atoms with E-state index in [1.165, 1.54) is 0 Å². The quantitative estimate of drug-likeness (QED) is 0.337. The van der Waals surface area contributed by atoms with Gasteiger partial charge in [0.1, 0.15) is 0 Å². The number of oxime groups is 1. The molecule has 2 aromatic rings. The fourth-order valence-corrected chi connectivity index (χ4v) is 1.75. The first kappa shape index (κ1) is 9.58. The smallest absolute Gasteiger partial charge is 0.172 e. The van der Waals surface area contributed by atoms with E-state index in [4.69, 9.17) is 10.9 Å². The Hall–Kier alpha value is -1.97. The van der Waals surface area contributed by atoms with E-state index in [9.17, 15) is 0 Å². The summed E-state index contributed by atoms with van der Waals surface area (Å²) in [6.07, 6.45) is 2.88. The van der Waals surface area contributed by atoms with E-state index >= 15 is 0 Å². The summed E-state index contributed by atoms with van der Waals surface area (Å²) in [5.74, 6) is 0.151. The number of aromatic nitrogens is 1. The lowest BCUT2D eigenvalue weighted by atomic mass is 10.2. The van der Waals surface area contributed by atoms with Crippen LogP contribution in [0.3, 0.4) is 0 Å². The normalized spacial score (nSPS) is 12.2. The minimum Gasteiger partial charge on any atom is -0.409 e. The summed E-state index contributed by atoms with van der Waals surface area (Å²) in [5, 5.41) is 11.7. The Kier molecular flexibility index (Phi) is 2.33. The lowest BCUT2D eigenvalue weighted by Crippen LogP contribution is -2.12. The van der Waals surface area contributed by atoms with Crippen molar-refractivity contribution in [3.8, 4) is 0 Å². The van der Waals surface area contributed by atoms with Crippen molar-refractivity contribution in [1.29, 1.82) is 0 Å². The molecule has 0 radical (unpaired) electrons. The molecule has 15 heavy (non-hydrogen) atoms. The van der Waals surface area contributed by atoms with Crippen molar-refractivity contribution < 1.29 is 5.21 Å². The van der Waals surface area contributed by atoms with E-state index in [1.54, 1.807) is 0 Å². The van der Waals surface area contributed by atoms with Gasteiger partial charge in [0.2, 0.25) is 0 Å². The molecule has 0 aromatic carbocycles. The highest BCUT2D eigenvalue weighted by atomic mass is 16.4. The van der Waals surface area contributed by atoms with Gasteiger partial charge in [-0.25, -0.2) is 0 Å². The number of nitrogens with two attached hydrogens (primary N) is 1. The third-order valence-electron chi connectivity index (χ3n) is 2.50. The molecule has 0 fully saturated rings. The summed E-state index contributed by atoms with van der Waals surface area (Å²) in [6, 6.07) is 7.79. The number of rotatable bonds is 2. The van der Waals surface area contributed by atoms with E-state index in [2.05, 4.69) is 12.1 Å². The molecule has 0 saturated carbocycles. The SMILES string of the molecule is CCc1cc(/C(N)=N/O)c2ccccn12. The second-order valence-corrected chi connectivity index (χ2v) is 3.34. The summed E-state index contributed by atoms with van der Waals surface area (Å²) in [6.45, 7) is 2.07. The van der Waals surface area contributed by atoms with Crippen LogP contribution in [0.25, 0.3) is 5.52 Å². The van der Waals surface area contributed by atoms with E-state index in [0.29, 0.717) is 0 Å². The van der Waals surface area contributed by atoms with E-state index in [1.807, 2.05) is 34.9 Å². The topological polar surface area (TPSA) is 63.0 Å². The zero-order valence-corrected chi connectivity index (χ0v) is 8.51. The zero-order chi connectivity index (χ0) is 10.8. The van der Waals surface area contributed by atoms with Crippen molar-refractivity contribution in [3.63, 3.8) is 0 Å². The van der Waals surface area contributed by atoms with Crippen molar-refractivity contribution in [2.24, 2.45) is 10.9 Å². The van der Waals surface area contributed by atoms with E-state index in [-0.39, 0.29) is 5.84 Å². The van der Waals surface area contributed by atoms with Crippen LogP contribution in [0.1, 0.15) is 18.2 Å². The monoisotopic (exact) mass is 203 g/mol. The standard InChI is InChI=1S/C11H13N3O/c1-2-8-7-9(11(12)13-15)10-5-3-4-6-14(8)10/h3-7,15H,2H2,1H3,(H2,12,13). The molecule has 3 N–H and O–H groups in total. The first-order chi connectivity index (χ1) is 7.27. The Bertz CT molecular complexity index is 514. The number of fused-ring (bicyclic) bond motifs is 1. The van der Waals surface area contributed by atoms with Crippen molar-refractivity contribution in [2.75, 3.05) is 0 Å². The second kappa shape index (κ2) is 3.65. The largest absolute Gasteiger partial charge is 0.409 e. The predicted molar refractivity (Wildman–Crippen MR) is 59.3 cm³/mol. The molecule has 0 aliphatic rings. The Labute approximate surface area is 87.6 Å². The van der Waals surface area contributed by atoms with Crippen LogP contribution in [0.4, 0.5) is 0 Å². The number of aryl methyl sites for hydroxylation is 1. The average molecular weight is 203 g/mol. The van der Waals surface area contributed by atoms with Gasteiger partial charge in [0.05, 0.1) is 5.52 Å². The first-order valence-corrected chi connectivity index (χ1v) is 4.84. The first-order valence-electron chi connectivity index (χ1n) is 4.84. The van der Waals surface area contributed by atoms with Crippen LogP contribution >= 0.6 is 0 Å². The van der Waals surface area contributed by atoms with Gasteiger partial charge in [0.25, 0.3) is 0 Å². The van der Waals surface area contributed by atoms with Gasteiger partial charge in [-0.2, -0.15) is 0 Å². The summed E-state index contributed by atoms with van der Waals surface area (Å²) in [7, 11) is 0. The number of pyridine rings is 1. The Morgan fingerprint density at radius 3 is 3.00 bits per heavy atom. The van der Waals surface area contributed by atoms with Crippen LogP contribution in [0.5, 0.6) is 0 Å². The van der Waals surface area contributed by atoms with Crippen LogP contribution in [0.2, 0.25) is 0 Å². The summed E-state index contributed by atoms with van der Waals surface area (Å²) in [4.78, 5) is 0. The lowest BCUT2D eigenvalue weighted by Gasteiger charge is -1.98. The second-order valence-electron chi connectivity index (χ2n) is 3.34. The van der Waals surface area contributed by atoms with Gasteiger partial charge in [-0.15, -0.1) is 0 Å². The molecule has 0 aliphatic heterocycles. The van der Waals surface area contributed by atoms with Gasteiger partial charge in [-0.3, -0.25) is 0 Å². The van der Waals surface area contributed by atoms with Gasteiger partial charge >= 0.3 is 0 Å². The van der Waals surface area contributed by atoms with E-state index < -0.39 is 0 Å². The van der Waals surface area contributed by atoms with Crippen LogP contribution < -0.4 is 5.73 Å². The summed E-state index contributed by atoms with van der Waals surface area (Å²) < 4.78 is 2.05. The molecule has 2 rings (SSSR count). The Morgan fingerprint density at radius 1 is 1.53 bits per heavy atom. The fraction of sp³-hybridized carbons (Fsp3) is 0.182. The fourth-order valence-electron chi connectivity index (χ4n) is 1.75. The lowest BCUT2D eigenvalue weighted by molar-refractivity contribution is 0.318. The summed E-state index contributed by atoms with van der Waals surface area (Å²) >= 11 is 0. The van der Waals surface area contributed by atoms with Gasteiger partial charge in [0.15, 0.2) is 5.84 Å². The van der Waals surface area contributed by atoms with Gasteiger partial charge in [0, 0.05) is 17.5 Å². The third-order valence-corrected chi connectivity index (χ3v) is 2.50. The molecular formula is C11H13N3O. The van der Waals surface area contributed by atoms with Gasteiger partial charge in [-0.05, 0) is 24.6 Å². The van der Waals surface area contributed by atoms with Gasteiger partial charge < -0.3 is 15.3 Å². The van der Waals surface area contributed by atoms with Gasteiger partial charge in [-0.1, -0.05) is 18.1 Å². The van der Waals surface area contributed by atoms with E-state index in [0.717, 1.165) is 23.2 Å². The Balaban J connectivity index is 2.76. The van der Waals surface area contributed by atoms with Crippen molar-refractivity contribution >= 4 is 11.4 Å². The highest BCUT2D eigenvalue weighted by Crippen LogP contribution is 2.17. The molecule has 4 nitrogen and oxygen atoms in total. The van der Waals surface area contributed by atoms with Crippen molar-refractivity contribution in [3.05, 3.63) is 41.7 Å². The number of hydrogen-bond donors (Lipinski definition) is 2. The minimum absolute atomic E-state index is 0.151. The molecule has 0 spiro atoms. The van der Waals surface area contributed by atoms with Crippen LogP contribution in [-0.2, 0) is 6.42 Å². The molecule has 0 bridgehead atoms. The molecule has 78 valence electrons. The summed E-state index contributed by atoms with van der Waals surface area (Å²) in [5.41, 5.74) is 8.50. The maximum absolute atomic E-state index is 8.68. The molecular weight excluding hydrogens is 190 g/mol. The highest BCUT2D eigenvalue weighted by molar-refractivity contribution is 6.03. The molecule has 0 unspecified atom stereocenters. The maximum Gasteiger partial charge on any atom is 0.172 e. The number of hydrogen-bond acceptors (Lipinski definition) is 2. The zero-order valence-electron chi connectivity index (χ0n) is 8.51. The average Bonchev–Trinajstić information content (AvgIpc) is 2.67. The molecule has 0 amide bonds. The van der Waals surface area contributed by atoms with Crippen LogP contribution in [0.15, 0.2) is 35.6 Å². The maximum atomic E-state index is 8.68. The molecule has 0 aliphatic carbocycles. The third kappa shape index (κ3) is 1.44. The number of amidine groups is 1. The molecule has 4 heteroatoms. The predicted octanol–water partition coefficient (Wildman–Crippen LogP) is 1.60. The highest BCUT2D eigenvalue weighted by Gasteiger charge is 2.10. The van der Waals surface area contributed by atoms with Crippen molar-refractivity contribution in [2.45, 2.75) is 13.3 Å². The van der Waals surface area contributed by atoms with Crippen LogP contribution in [-0.4, -0.2) is 15.4 Å². The molecule has 2 heterocycles. The molecule has 0 atom stereocenters. The van der Waals surface area contributed by atoms with Crippen LogP contribution in [0, 0.1) is 0 Å².